The van der Waals surface area contributed by atoms with E-state index in [1.165, 1.54) is 29.8 Å². The second kappa shape index (κ2) is 3.22. The molecule has 0 spiro atoms. The maximum absolute atomic E-state index is 11.6. The number of fused-ring (bicyclic) bond motifs is 1. The number of carboxylic acids is 1. The van der Waals surface area contributed by atoms with Crippen LogP contribution in [-0.2, 0) is 14.3 Å². The number of thioether (sulfide) groups is 1. The molecule has 2 heterocycles. The lowest BCUT2D eigenvalue weighted by atomic mass is 9.99. The lowest BCUT2D eigenvalue weighted by Gasteiger charge is -2.54. The van der Waals surface area contributed by atoms with Gasteiger partial charge in [-0.3, -0.25) is 10.5 Å². The Morgan fingerprint density at radius 2 is 2.47 bits per heavy atom. The predicted molar refractivity (Wildman–Crippen MR) is 52.7 cm³/mol. The van der Waals surface area contributed by atoms with Gasteiger partial charge in [0.2, 0.25) is 5.72 Å². The van der Waals surface area contributed by atoms with Crippen LogP contribution in [0.3, 0.4) is 0 Å². The Labute approximate surface area is 90.0 Å². The first-order valence-electron chi connectivity index (χ1n) is 4.24. The minimum absolute atomic E-state index is 0.457. The van der Waals surface area contributed by atoms with Gasteiger partial charge in [-0.1, -0.05) is 0 Å². The molecule has 15 heavy (non-hydrogen) atoms. The van der Waals surface area contributed by atoms with E-state index < -0.39 is 29.0 Å². The molecule has 0 aromatic rings. The van der Waals surface area contributed by atoms with Crippen LogP contribution < -0.4 is 5.73 Å². The summed E-state index contributed by atoms with van der Waals surface area (Å²) in [7, 11) is 1.34. The van der Waals surface area contributed by atoms with Crippen LogP contribution in [0.5, 0.6) is 0 Å². The summed E-state index contributed by atoms with van der Waals surface area (Å²) < 4.78 is 4.92. The largest absolute Gasteiger partial charge is 0.479 e. The number of carbonyl (C=O) groups is 2. The van der Waals surface area contributed by atoms with E-state index in [-0.39, 0.29) is 0 Å². The van der Waals surface area contributed by atoms with Crippen molar-refractivity contribution in [2.24, 2.45) is 5.73 Å². The first-order valence-corrected chi connectivity index (χ1v) is 5.18. The molecule has 3 atom stereocenters. The first kappa shape index (κ1) is 10.5. The maximum Gasteiger partial charge on any atom is 0.330 e. The zero-order valence-electron chi connectivity index (χ0n) is 7.91. The molecule has 1 fully saturated rings. The van der Waals surface area contributed by atoms with E-state index in [9.17, 15) is 9.59 Å². The number of hydrogen-bond acceptors (Lipinski definition) is 5. The molecule has 7 heteroatoms. The number of aliphatic carboxylic acids is 1. The fraction of sp³-hybridized carbons (Fsp3) is 0.500. The molecule has 2 rings (SSSR count). The molecule has 82 valence electrons. The lowest BCUT2D eigenvalue weighted by Crippen LogP contribution is -2.80. The number of methoxy groups -OCH3 is 1. The third-order valence-electron chi connectivity index (χ3n) is 2.55. The second-order valence-corrected chi connectivity index (χ2v) is 4.30. The van der Waals surface area contributed by atoms with E-state index in [0.29, 0.717) is 0 Å². The highest BCUT2D eigenvalue weighted by Gasteiger charge is 2.63. The van der Waals surface area contributed by atoms with Crippen molar-refractivity contribution in [1.82, 2.24) is 4.90 Å². The highest BCUT2D eigenvalue weighted by Crippen LogP contribution is 2.42. The summed E-state index contributed by atoms with van der Waals surface area (Å²) in [5.41, 5.74) is 4.32. The van der Waals surface area contributed by atoms with Crippen molar-refractivity contribution in [3.05, 3.63) is 11.5 Å². The Kier molecular flexibility index (Phi) is 2.25. The van der Waals surface area contributed by atoms with Crippen molar-refractivity contribution in [3.8, 4) is 0 Å². The van der Waals surface area contributed by atoms with E-state index in [1.54, 1.807) is 5.41 Å². The van der Waals surface area contributed by atoms with Gasteiger partial charge in [0.15, 0.2) is 0 Å². The smallest absolute Gasteiger partial charge is 0.330 e. The predicted octanol–water partition coefficient (Wildman–Crippen LogP) is -0.830. The van der Waals surface area contributed by atoms with Gasteiger partial charge < -0.3 is 14.7 Å². The van der Waals surface area contributed by atoms with Crippen molar-refractivity contribution in [1.29, 1.82) is 0 Å². The molecule has 0 aliphatic carbocycles. The summed E-state index contributed by atoms with van der Waals surface area (Å²) >= 11 is 1.28. The number of rotatable bonds is 2. The molecule has 0 radical (unpaired) electrons. The Hall–Kier alpha value is -1.05. The van der Waals surface area contributed by atoms with Crippen LogP contribution in [0.1, 0.15) is 0 Å². The summed E-state index contributed by atoms with van der Waals surface area (Å²) in [5, 5.41) is 10.1. The molecular weight excluding hydrogens is 220 g/mol. The number of hydrogen-bond donors (Lipinski definition) is 2. The Balaban J connectivity index is 2.28. The standard InChI is InChI=1S/C8H10N2O4S/c1-14-8(9)6(13)10-4(5(11)12)2-3-15-7(8)10/h2-4,7H,9H2,1H3,(H,11,12)/t4?,7-,8?/m1/s1. The van der Waals surface area contributed by atoms with Gasteiger partial charge in [-0.25, -0.2) is 4.79 Å². The Bertz CT molecular complexity index is 359. The van der Waals surface area contributed by atoms with E-state index in [4.69, 9.17) is 15.6 Å². The van der Waals surface area contributed by atoms with Gasteiger partial charge in [0.05, 0.1) is 0 Å². The summed E-state index contributed by atoms with van der Waals surface area (Å²) in [6.45, 7) is 0. The third kappa shape index (κ3) is 1.20. The molecule has 1 amide bonds. The number of amides is 1. The average Bonchev–Trinajstić information content (AvgIpc) is 2.26. The van der Waals surface area contributed by atoms with Crippen LogP contribution in [0, 0.1) is 0 Å². The summed E-state index contributed by atoms with van der Waals surface area (Å²) in [5.74, 6) is -1.55. The summed E-state index contributed by atoms with van der Waals surface area (Å²) in [4.78, 5) is 23.7. The zero-order valence-corrected chi connectivity index (χ0v) is 8.73. The second-order valence-electron chi connectivity index (χ2n) is 3.31. The first-order chi connectivity index (χ1) is 7.02. The maximum atomic E-state index is 11.6. The zero-order chi connectivity index (χ0) is 11.2. The van der Waals surface area contributed by atoms with Gasteiger partial charge >= 0.3 is 5.97 Å². The molecule has 0 aromatic heterocycles. The molecule has 0 aromatic carbocycles. The van der Waals surface area contributed by atoms with Crippen molar-refractivity contribution in [2.45, 2.75) is 17.1 Å². The quantitative estimate of drug-likeness (QED) is 0.475. The third-order valence-corrected chi connectivity index (χ3v) is 3.70. The molecule has 2 aliphatic heterocycles. The van der Waals surface area contributed by atoms with Crippen molar-refractivity contribution in [3.63, 3.8) is 0 Å². The topological polar surface area (TPSA) is 92.9 Å². The number of β-lactam (4-membered cyclic amide) rings is 1. The Morgan fingerprint density at radius 1 is 1.80 bits per heavy atom. The minimum Gasteiger partial charge on any atom is -0.479 e. The normalized spacial score (nSPS) is 38.5. The molecule has 2 unspecified atom stereocenters. The van der Waals surface area contributed by atoms with Crippen LogP contribution in [0.25, 0.3) is 0 Å². The van der Waals surface area contributed by atoms with Crippen LogP contribution >= 0.6 is 11.8 Å². The lowest BCUT2D eigenvalue weighted by molar-refractivity contribution is -0.192. The molecular formula is C8H10N2O4S. The van der Waals surface area contributed by atoms with Gasteiger partial charge in [0, 0.05) is 7.11 Å². The van der Waals surface area contributed by atoms with Crippen LogP contribution in [-0.4, -0.2) is 46.1 Å². The van der Waals surface area contributed by atoms with Crippen LogP contribution in [0.4, 0.5) is 0 Å². The van der Waals surface area contributed by atoms with Crippen molar-refractivity contribution >= 4 is 23.6 Å². The van der Waals surface area contributed by atoms with E-state index in [2.05, 4.69) is 0 Å². The minimum atomic E-state index is -1.39. The molecule has 0 saturated carbocycles. The van der Waals surface area contributed by atoms with Crippen LogP contribution in [0.2, 0.25) is 0 Å². The summed E-state index contributed by atoms with van der Waals surface area (Å²) in [6, 6.07) is -0.935. The van der Waals surface area contributed by atoms with Gasteiger partial charge in [-0.15, -0.1) is 11.8 Å². The summed E-state index contributed by atoms with van der Waals surface area (Å²) in [6.07, 6.45) is 1.46. The van der Waals surface area contributed by atoms with Gasteiger partial charge in [-0.2, -0.15) is 0 Å². The number of ether oxygens (including phenoxy) is 1. The fourth-order valence-corrected chi connectivity index (χ4v) is 2.82. The highest BCUT2D eigenvalue weighted by atomic mass is 32.2. The van der Waals surface area contributed by atoms with E-state index >= 15 is 0 Å². The molecule has 0 bridgehead atoms. The fourth-order valence-electron chi connectivity index (χ4n) is 1.67. The average molecular weight is 230 g/mol. The highest BCUT2D eigenvalue weighted by molar-refractivity contribution is 8.02. The molecule has 3 N–H and O–H groups in total. The number of nitrogens with two attached hydrogens (primary N) is 1. The number of carbonyl (C=O) groups excluding carboxylic acids is 1. The van der Waals surface area contributed by atoms with Gasteiger partial charge in [-0.05, 0) is 11.5 Å². The van der Waals surface area contributed by atoms with Gasteiger partial charge in [0.25, 0.3) is 5.91 Å². The SMILES string of the molecule is COC1(N)C(=O)N2C(C(=O)O)C=CS[C@@H]21. The van der Waals surface area contributed by atoms with E-state index in [0.717, 1.165) is 0 Å². The monoisotopic (exact) mass is 230 g/mol. The molecule has 6 nitrogen and oxygen atoms in total. The van der Waals surface area contributed by atoms with Gasteiger partial charge in [0.1, 0.15) is 11.4 Å². The van der Waals surface area contributed by atoms with Crippen LogP contribution in [0.15, 0.2) is 11.5 Å². The molecule has 1 saturated heterocycles. The number of nitrogens with zero attached hydrogens (tertiary/aromatic N) is 1. The van der Waals surface area contributed by atoms with E-state index in [1.807, 2.05) is 0 Å². The van der Waals surface area contributed by atoms with Crippen molar-refractivity contribution in [2.75, 3.05) is 7.11 Å². The Morgan fingerprint density at radius 3 is 3.00 bits per heavy atom. The number of carboxylic acid groups (broad SMARTS) is 1. The molecule has 2 aliphatic rings. The van der Waals surface area contributed by atoms with Crippen molar-refractivity contribution < 1.29 is 19.4 Å².